The van der Waals surface area contributed by atoms with Crippen LogP contribution < -0.4 is 16.4 Å². The second-order valence-corrected chi connectivity index (χ2v) is 8.35. The Bertz CT molecular complexity index is 1040. The van der Waals surface area contributed by atoms with Crippen LogP contribution >= 0.6 is 0 Å². The highest BCUT2D eigenvalue weighted by molar-refractivity contribution is 5.96. The summed E-state index contributed by atoms with van der Waals surface area (Å²) in [7, 11) is 0. The molecular weight excluding hydrogens is 424 g/mol. The van der Waals surface area contributed by atoms with Crippen LogP contribution in [-0.2, 0) is 11.3 Å². The number of benzene rings is 2. The van der Waals surface area contributed by atoms with Crippen LogP contribution in [0.5, 0.6) is 0 Å². The van der Waals surface area contributed by atoms with Crippen molar-refractivity contribution >= 4 is 17.2 Å². The van der Waals surface area contributed by atoms with E-state index in [4.69, 9.17) is 5.73 Å². The maximum absolute atomic E-state index is 13.4. The number of nitrogens with one attached hydrogen (secondary N) is 2. The highest BCUT2D eigenvalue weighted by Gasteiger charge is 2.43. The van der Waals surface area contributed by atoms with Gasteiger partial charge >= 0.3 is 6.18 Å². The summed E-state index contributed by atoms with van der Waals surface area (Å²) in [5.41, 5.74) is 9.27. The molecule has 5 nitrogen and oxygen atoms in total. The van der Waals surface area contributed by atoms with E-state index in [1.807, 2.05) is 18.2 Å². The number of carbonyl (C=O) groups is 1. The standard InChI is InChI=1S/C23H24F4N4O/c1-13-10-31(12-21(29-13)23(25,26)27)11-14-2-7-17-18(15-3-5-16(24)6-4-15)9-20(22(28)32)30-19(17)8-14/h2-9,13,20-21,29-30H,10-12H2,1H3,(H2,28,32). The number of fused-ring (bicyclic) bond motifs is 1. The van der Waals surface area contributed by atoms with E-state index in [9.17, 15) is 22.4 Å². The van der Waals surface area contributed by atoms with Crippen molar-refractivity contribution in [3.8, 4) is 0 Å². The maximum atomic E-state index is 13.4. The minimum Gasteiger partial charge on any atom is -0.370 e. The van der Waals surface area contributed by atoms with Gasteiger partial charge in [-0.3, -0.25) is 9.69 Å². The summed E-state index contributed by atoms with van der Waals surface area (Å²) in [6.45, 7) is 2.42. The Hall–Kier alpha value is -2.91. The normalized spacial score (nSPS) is 23.8. The summed E-state index contributed by atoms with van der Waals surface area (Å²) in [5, 5.41) is 5.69. The molecule has 2 aromatic rings. The molecular formula is C23H24F4N4O. The molecule has 9 heteroatoms. The molecule has 0 saturated carbocycles. The quantitative estimate of drug-likeness (QED) is 0.628. The number of nitrogens with two attached hydrogens (primary N) is 1. The molecule has 1 saturated heterocycles. The van der Waals surface area contributed by atoms with Crippen molar-refractivity contribution in [2.24, 2.45) is 5.73 Å². The Morgan fingerprint density at radius 2 is 1.88 bits per heavy atom. The molecule has 32 heavy (non-hydrogen) atoms. The van der Waals surface area contributed by atoms with Gasteiger partial charge in [0.1, 0.15) is 17.9 Å². The van der Waals surface area contributed by atoms with Gasteiger partial charge in [0.05, 0.1) is 0 Å². The van der Waals surface area contributed by atoms with Crippen LogP contribution in [-0.4, -0.2) is 48.2 Å². The summed E-state index contributed by atoms with van der Waals surface area (Å²) in [6.07, 6.45) is -2.61. The number of carbonyl (C=O) groups excluding carboxylic acids is 1. The zero-order valence-electron chi connectivity index (χ0n) is 17.4. The molecule has 2 aliphatic heterocycles. The van der Waals surface area contributed by atoms with Crippen LogP contribution in [0.2, 0.25) is 0 Å². The Kier molecular flexibility index (Phi) is 5.96. The smallest absolute Gasteiger partial charge is 0.370 e. The molecule has 0 aromatic heterocycles. The van der Waals surface area contributed by atoms with E-state index in [0.29, 0.717) is 18.8 Å². The molecule has 2 heterocycles. The number of hydrogen-bond donors (Lipinski definition) is 3. The van der Waals surface area contributed by atoms with E-state index in [-0.39, 0.29) is 18.4 Å². The van der Waals surface area contributed by atoms with E-state index in [0.717, 1.165) is 22.3 Å². The molecule has 3 atom stereocenters. The molecule has 1 amide bonds. The lowest BCUT2D eigenvalue weighted by atomic mass is 9.90. The summed E-state index contributed by atoms with van der Waals surface area (Å²) >= 11 is 0. The lowest BCUT2D eigenvalue weighted by Crippen LogP contribution is -2.60. The third kappa shape index (κ3) is 4.78. The van der Waals surface area contributed by atoms with Crippen LogP contribution in [0.4, 0.5) is 23.2 Å². The summed E-state index contributed by atoms with van der Waals surface area (Å²) in [6, 6.07) is 8.86. The molecule has 2 aliphatic rings. The average molecular weight is 448 g/mol. The molecule has 170 valence electrons. The highest BCUT2D eigenvalue weighted by Crippen LogP contribution is 2.35. The van der Waals surface area contributed by atoms with Crippen LogP contribution in [0.1, 0.15) is 23.6 Å². The number of nitrogens with zero attached hydrogens (tertiary/aromatic N) is 1. The zero-order valence-corrected chi connectivity index (χ0v) is 17.4. The fourth-order valence-electron chi connectivity index (χ4n) is 4.30. The minimum absolute atomic E-state index is 0.136. The van der Waals surface area contributed by atoms with Crippen LogP contribution in [0.15, 0.2) is 48.5 Å². The van der Waals surface area contributed by atoms with Crippen molar-refractivity contribution in [3.05, 3.63) is 71.0 Å². The molecule has 2 aromatic carbocycles. The van der Waals surface area contributed by atoms with E-state index in [1.54, 1.807) is 30.0 Å². The third-order valence-corrected chi connectivity index (χ3v) is 5.74. The average Bonchev–Trinajstić information content (AvgIpc) is 2.72. The molecule has 1 fully saturated rings. The molecule has 0 bridgehead atoms. The summed E-state index contributed by atoms with van der Waals surface area (Å²) in [5.74, 6) is -0.933. The molecule has 0 spiro atoms. The van der Waals surface area contributed by atoms with Gasteiger partial charge in [0, 0.05) is 36.9 Å². The van der Waals surface area contributed by atoms with E-state index < -0.39 is 24.2 Å². The monoisotopic (exact) mass is 448 g/mol. The van der Waals surface area contributed by atoms with Crippen LogP contribution in [0.3, 0.4) is 0 Å². The predicted octanol–water partition coefficient (Wildman–Crippen LogP) is 3.26. The number of halogens is 4. The van der Waals surface area contributed by atoms with E-state index >= 15 is 0 Å². The Morgan fingerprint density at radius 1 is 1.16 bits per heavy atom. The van der Waals surface area contributed by atoms with Crippen molar-refractivity contribution in [1.29, 1.82) is 0 Å². The molecule has 4 rings (SSSR count). The number of rotatable bonds is 4. The number of primary amides is 1. The van der Waals surface area contributed by atoms with Crippen LogP contribution in [0, 0.1) is 5.82 Å². The van der Waals surface area contributed by atoms with Gasteiger partial charge in [0.25, 0.3) is 0 Å². The SMILES string of the molecule is CC1CN(Cc2ccc3c(c2)NC(C(N)=O)C=C3c2ccc(F)cc2)CC(C(F)(F)F)N1. The maximum Gasteiger partial charge on any atom is 0.405 e. The first-order valence-electron chi connectivity index (χ1n) is 10.3. The van der Waals surface area contributed by atoms with Gasteiger partial charge in [-0.2, -0.15) is 13.2 Å². The Balaban J connectivity index is 1.61. The molecule has 0 aliphatic carbocycles. The van der Waals surface area contributed by atoms with Crippen molar-refractivity contribution < 1.29 is 22.4 Å². The number of alkyl halides is 3. The lowest BCUT2D eigenvalue weighted by molar-refractivity contribution is -0.168. The minimum atomic E-state index is -4.31. The predicted molar refractivity (Wildman–Crippen MR) is 114 cm³/mol. The van der Waals surface area contributed by atoms with Gasteiger partial charge in [-0.1, -0.05) is 24.3 Å². The van der Waals surface area contributed by atoms with E-state index in [2.05, 4.69) is 10.6 Å². The fraction of sp³-hybridized carbons (Fsp3) is 0.348. The van der Waals surface area contributed by atoms with Gasteiger partial charge in [0.15, 0.2) is 0 Å². The third-order valence-electron chi connectivity index (χ3n) is 5.74. The van der Waals surface area contributed by atoms with Gasteiger partial charge in [-0.05, 0) is 47.9 Å². The first-order valence-corrected chi connectivity index (χ1v) is 10.3. The number of anilines is 1. The largest absolute Gasteiger partial charge is 0.405 e. The highest BCUT2D eigenvalue weighted by atomic mass is 19.4. The first kappa shape index (κ1) is 22.3. The zero-order chi connectivity index (χ0) is 23.0. The Morgan fingerprint density at radius 3 is 2.53 bits per heavy atom. The number of piperazine rings is 1. The van der Waals surface area contributed by atoms with Crippen molar-refractivity contribution in [2.75, 3.05) is 18.4 Å². The molecule has 0 radical (unpaired) electrons. The van der Waals surface area contributed by atoms with Gasteiger partial charge < -0.3 is 16.4 Å². The Labute approximate surface area is 183 Å². The second kappa shape index (κ2) is 8.55. The molecule has 4 N–H and O–H groups in total. The van der Waals surface area contributed by atoms with Gasteiger partial charge in [-0.25, -0.2) is 4.39 Å². The summed E-state index contributed by atoms with van der Waals surface area (Å²) < 4.78 is 53.1. The van der Waals surface area contributed by atoms with Crippen molar-refractivity contribution in [1.82, 2.24) is 10.2 Å². The van der Waals surface area contributed by atoms with Crippen molar-refractivity contribution in [2.45, 2.75) is 37.8 Å². The number of hydrogen-bond acceptors (Lipinski definition) is 4. The number of amides is 1. The van der Waals surface area contributed by atoms with E-state index in [1.165, 1.54) is 12.1 Å². The topological polar surface area (TPSA) is 70.4 Å². The first-order chi connectivity index (χ1) is 15.1. The summed E-state index contributed by atoms with van der Waals surface area (Å²) in [4.78, 5) is 13.7. The van der Waals surface area contributed by atoms with Crippen molar-refractivity contribution in [3.63, 3.8) is 0 Å². The molecule has 3 unspecified atom stereocenters. The fourth-order valence-corrected chi connectivity index (χ4v) is 4.30. The van der Waals surface area contributed by atoms with Gasteiger partial charge in [-0.15, -0.1) is 0 Å². The second-order valence-electron chi connectivity index (χ2n) is 8.35. The van der Waals surface area contributed by atoms with Crippen LogP contribution in [0.25, 0.3) is 5.57 Å². The lowest BCUT2D eigenvalue weighted by Gasteiger charge is -2.38. The van der Waals surface area contributed by atoms with Gasteiger partial charge in [0.2, 0.25) is 5.91 Å².